The average molecular weight is 210 g/mol. The van der Waals surface area contributed by atoms with Crippen LogP contribution in [0.2, 0.25) is 0 Å². The SMILES string of the molecule is CCC(C)C(C)COCP(=O)(O)O. The highest BCUT2D eigenvalue weighted by atomic mass is 31.2. The maximum atomic E-state index is 10.4. The lowest BCUT2D eigenvalue weighted by atomic mass is 9.95. The van der Waals surface area contributed by atoms with Crippen LogP contribution in [-0.4, -0.2) is 22.7 Å². The molecule has 0 spiro atoms. The molecule has 0 saturated heterocycles. The summed E-state index contributed by atoms with van der Waals surface area (Å²) >= 11 is 0. The molecule has 5 heteroatoms. The minimum Gasteiger partial charge on any atom is -0.369 e. The van der Waals surface area contributed by atoms with Crippen LogP contribution in [0.25, 0.3) is 0 Å². The van der Waals surface area contributed by atoms with Gasteiger partial charge in [0.05, 0.1) is 6.61 Å². The molecule has 4 nitrogen and oxygen atoms in total. The third-order valence-electron chi connectivity index (χ3n) is 2.26. The Morgan fingerprint density at radius 1 is 1.31 bits per heavy atom. The molecule has 2 atom stereocenters. The van der Waals surface area contributed by atoms with Crippen LogP contribution in [0.3, 0.4) is 0 Å². The molecule has 13 heavy (non-hydrogen) atoms. The second-order valence-corrected chi connectivity index (χ2v) is 5.11. The first-order chi connectivity index (χ1) is 5.87. The summed E-state index contributed by atoms with van der Waals surface area (Å²) in [5.41, 5.74) is 0. The van der Waals surface area contributed by atoms with Gasteiger partial charge in [-0.25, -0.2) is 0 Å². The number of rotatable bonds is 6. The van der Waals surface area contributed by atoms with E-state index in [9.17, 15) is 4.57 Å². The molecule has 0 radical (unpaired) electrons. The van der Waals surface area contributed by atoms with Gasteiger partial charge in [-0.2, -0.15) is 0 Å². The zero-order valence-electron chi connectivity index (χ0n) is 8.43. The Morgan fingerprint density at radius 3 is 2.23 bits per heavy atom. The molecule has 2 N–H and O–H groups in total. The first kappa shape index (κ1) is 13.1. The Labute approximate surface area is 79.5 Å². The van der Waals surface area contributed by atoms with Crippen molar-refractivity contribution in [2.45, 2.75) is 27.2 Å². The molecule has 0 fully saturated rings. The number of hydrogen-bond donors (Lipinski definition) is 2. The normalized spacial score (nSPS) is 17.0. The molecule has 0 amide bonds. The van der Waals surface area contributed by atoms with Gasteiger partial charge in [0.2, 0.25) is 0 Å². The summed E-state index contributed by atoms with van der Waals surface area (Å²) in [5, 5.41) is 0. The lowest BCUT2D eigenvalue weighted by Crippen LogP contribution is -2.14. The molecule has 0 aliphatic rings. The molecule has 0 aromatic carbocycles. The van der Waals surface area contributed by atoms with Crippen LogP contribution in [0, 0.1) is 11.8 Å². The lowest BCUT2D eigenvalue weighted by Gasteiger charge is -2.18. The van der Waals surface area contributed by atoms with Gasteiger partial charge >= 0.3 is 7.60 Å². The van der Waals surface area contributed by atoms with Gasteiger partial charge in [0.15, 0.2) is 0 Å². The van der Waals surface area contributed by atoms with Crippen LogP contribution < -0.4 is 0 Å². The maximum absolute atomic E-state index is 10.4. The smallest absolute Gasteiger partial charge is 0.350 e. The van der Waals surface area contributed by atoms with E-state index in [1.54, 1.807) is 0 Å². The second kappa shape index (κ2) is 5.76. The molecule has 80 valence electrons. The monoisotopic (exact) mass is 210 g/mol. The van der Waals surface area contributed by atoms with Crippen molar-refractivity contribution < 1.29 is 19.1 Å². The third-order valence-corrected chi connectivity index (χ3v) is 2.77. The van der Waals surface area contributed by atoms with Gasteiger partial charge < -0.3 is 14.5 Å². The summed E-state index contributed by atoms with van der Waals surface area (Å²) in [7, 11) is -3.98. The van der Waals surface area contributed by atoms with Gasteiger partial charge in [-0.3, -0.25) is 4.57 Å². The van der Waals surface area contributed by atoms with Crippen LogP contribution in [-0.2, 0) is 9.30 Å². The van der Waals surface area contributed by atoms with E-state index < -0.39 is 13.9 Å². The average Bonchev–Trinajstić information content (AvgIpc) is 2.00. The van der Waals surface area contributed by atoms with Gasteiger partial charge in [-0.15, -0.1) is 0 Å². The minimum absolute atomic E-state index is 0.344. The Morgan fingerprint density at radius 2 is 1.85 bits per heavy atom. The summed E-state index contributed by atoms with van der Waals surface area (Å²) in [6.45, 7) is 6.63. The van der Waals surface area contributed by atoms with E-state index in [1.807, 2.05) is 6.92 Å². The first-order valence-corrected chi connectivity index (χ1v) is 6.29. The molecule has 2 unspecified atom stereocenters. The number of hydrogen-bond acceptors (Lipinski definition) is 2. The second-order valence-electron chi connectivity index (χ2n) is 3.53. The van der Waals surface area contributed by atoms with Crippen LogP contribution in [0.4, 0.5) is 0 Å². The summed E-state index contributed by atoms with van der Waals surface area (Å²) in [6.07, 6.45) is 0.591. The predicted octanol–water partition coefficient (Wildman–Crippen LogP) is 1.82. The Bertz CT molecular complexity index is 177. The van der Waals surface area contributed by atoms with Crippen molar-refractivity contribution in [1.29, 1.82) is 0 Å². The molecule has 0 saturated carbocycles. The molecular formula is C8H19O4P. The van der Waals surface area contributed by atoms with E-state index in [4.69, 9.17) is 14.5 Å². The van der Waals surface area contributed by atoms with E-state index in [0.717, 1.165) is 6.42 Å². The molecule has 0 heterocycles. The van der Waals surface area contributed by atoms with Crippen molar-refractivity contribution in [3.8, 4) is 0 Å². The summed E-state index contributed by atoms with van der Waals surface area (Å²) in [6, 6.07) is 0. The fraction of sp³-hybridized carbons (Fsp3) is 1.00. The quantitative estimate of drug-likeness (QED) is 0.656. The Balaban J connectivity index is 3.59. The van der Waals surface area contributed by atoms with Crippen LogP contribution in [0.15, 0.2) is 0 Å². The minimum atomic E-state index is -3.98. The van der Waals surface area contributed by atoms with E-state index in [2.05, 4.69) is 13.8 Å². The number of ether oxygens (including phenoxy) is 1. The highest BCUT2D eigenvalue weighted by Crippen LogP contribution is 2.34. The fourth-order valence-electron chi connectivity index (χ4n) is 0.924. The Hall–Kier alpha value is 0.110. The summed E-state index contributed by atoms with van der Waals surface area (Å²) < 4.78 is 15.3. The molecule has 0 rings (SSSR count). The largest absolute Gasteiger partial charge is 0.369 e. The summed E-state index contributed by atoms with van der Waals surface area (Å²) in [5.74, 6) is 0.869. The maximum Gasteiger partial charge on any atom is 0.350 e. The van der Waals surface area contributed by atoms with Crippen LogP contribution >= 0.6 is 7.60 Å². The topological polar surface area (TPSA) is 66.8 Å². The molecule has 0 aromatic rings. The van der Waals surface area contributed by atoms with Crippen molar-refractivity contribution >= 4 is 7.60 Å². The van der Waals surface area contributed by atoms with Crippen molar-refractivity contribution in [1.82, 2.24) is 0 Å². The zero-order valence-corrected chi connectivity index (χ0v) is 9.33. The van der Waals surface area contributed by atoms with E-state index >= 15 is 0 Å². The molecule has 0 aliphatic heterocycles. The van der Waals surface area contributed by atoms with Gasteiger partial charge in [0, 0.05) is 0 Å². The first-order valence-electron chi connectivity index (χ1n) is 4.49. The van der Waals surface area contributed by atoms with E-state index in [-0.39, 0.29) is 0 Å². The van der Waals surface area contributed by atoms with Gasteiger partial charge in [-0.1, -0.05) is 27.2 Å². The zero-order chi connectivity index (χ0) is 10.5. The third kappa shape index (κ3) is 7.20. The van der Waals surface area contributed by atoms with Gasteiger partial charge in [-0.05, 0) is 11.8 Å². The summed E-state index contributed by atoms with van der Waals surface area (Å²) in [4.78, 5) is 17.0. The van der Waals surface area contributed by atoms with Gasteiger partial charge in [0.1, 0.15) is 6.35 Å². The van der Waals surface area contributed by atoms with Crippen LogP contribution in [0.5, 0.6) is 0 Å². The van der Waals surface area contributed by atoms with Crippen LogP contribution in [0.1, 0.15) is 27.2 Å². The van der Waals surface area contributed by atoms with Crippen molar-refractivity contribution in [2.75, 3.05) is 13.0 Å². The molecular weight excluding hydrogens is 191 g/mol. The standard InChI is InChI=1S/C8H19O4P/c1-4-7(2)8(3)5-12-6-13(9,10)11/h7-8H,4-6H2,1-3H3,(H2,9,10,11). The molecule has 0 bridgehead atoms. The molecule has 0 aliphatic carbocycles. The van der Waals surface area contributed by atoms with Crippen molar-refractivity contribution in [3.05, 3.63) is 0 Å². The highest BCUT2D eigenvalue weighted by molar-refractivity contribution is 7.51. The highest BCUT2D eigenvalue weighted by Gasteiger charge is 2.15. The van der Waals surface area contributed by atoms with Crippen molar-refractivity contribution in [2.24, 2.45) is 11.8 Å². The Kier molecular flexibility index (Phi) is 5.81. The predicted molar refractivity (Wildman–Crippen MR) is 51.5 cm³/mol. The van der Waals surface area contributed by atoms with E-state index in [1.165, 1.54) is 0 Å². The van der Waals surface area contributed by atoms with Gasteiger partial charge in [0.25, 0.3) is 0 Å². The van der Waals surface area contributed by atoms with E-state index in [0.29, 0.717) is 18.4 Å². The lowest BCUT2D eigenvalue weighted by molar-refractivity contribution is 0.106. The van der Waals surface area contributed by atoms with Crippen molar-refractivity contribution in [3.63, 3.8) is 0 Å². The molecule has 0 aromatic heterocycles. The fourth-order valence-corrected chi connectivity index (χ4v) is 1.27.